The summed E-state index contributed by atoms with van der Waals surface area (Å²) in [5.41, 5.74) is 5.02. The summed E-state index contributed by atoms with van der Waals surface area (Å²) in [5.74, 6) is -0.213. The molecule has 0 atom stereocenters. The van der Waals surface area contributed by atoms with Crippen LogP contribution >= 0.6 is 0 Å². The molecule has 0 saturated carbocycles. The highest BCUT2D eigenvalue weighted by Crippen LogP contribution is 1.70. The zero-order valence-electron chi connectivity index (χ0n) is 4.55. The molecule has 0 fully saturated rings. The van der Waals surface area contributed by atoms with Crippen LogP contribution in [0.3, 0.4) is 0 Å². The van der Waals surface area contributed by atoms with E-state index in [4.69, 9.17) is 10.8 Å². The van der Waals surface area contributed by atoms with Gasteiger partial charge in [-0.05, 0) is 0 Å². The topological polar surface area (TPSA) is 75.4 Å². The van der Waals surface area contributed by atoms with E-state index in [0.717, 1.165) is 0 Å². The zero-order chi connectivity index (χ0) is 6.41. The Balaban J connectivity index is 3.06. The number of aliphatic hydroxyl groups excluding tert-OH is 1. The molecule has 8 heavy (non-hydrogen) atoms. The molecule has 0 aliphatic carbocycles. The van der Waals surface area contributed by atoms with Crippen LogP contribution in [-0.2, 0) is 4.79 Å². The minimum absolute atomic E-state index is 0.213. The fourth-order valence-electron chi connectivity index (χ4n) is 0.308. The van der Waals surface area contributed by atoms with E-state index in [1.165, 1.54) is 0 Å². The first-order valence-electron chi connectivity index (χ1n) is 2.39. The SMILES string of the molecule is NCCC(=O)NCO. The minimum atomic E-state index is -0.307. The van der Waals surface area contributed by atoms with Gasteiger partial charge in [-0.2, -0.15) is 0 Å². The summed E-state index contributed by atoms with van der Waals surface area (Å²) in [6.45, 7) is 0.0185. The molecule has 0 aliphatic rings. The van der Waals surface area contributed by atoms with E-state index in [9.17, 15) is 4.79 Å². The predicted molar refractivity (Wildman–Crippen MR) is 28.9 cm³/mol. The Morgan fingerprint density at radius 2 is 2.38 bits per heavy atom. The van der Waals surface area contributed by atoms with Gasteiger partial charge >= 0.3 is 0 Å². The molecular formula is C4H10N2O2. The van der Waals surface area contributed by atoms with Gasteiger partial charge in [-0.25, -0.2) is 0 Å². The second-order valence-corrected chi connectivity index (χ2v) is 1.30. The summed E-state index contributed by atoms with van der Waals surface area (Å²) in [5, 5.41) is 10.3. The molecule has 0 heterocycles. The van der Waals surface area contributed by atoms with Crippen molar-refractivity contribution in [3.05, 3.63) is 0 Å². The Morgan fingerprint density at radius 1 is 1.75 bits per heavy atom. The molecule has 0 aliphatic heterocycles. The lowest BCUT2D eigenvalue weighted by Gasteiger charge is -1.95. The number of hydrogen-bond acceptors (Lipinski definition) is 3. The summed E-state index contributed by atoms with van der Waals surface area (Å²) < 4.78 is 0. The molecule has 0 rings (SSSR count). The van der Waals surface area contributed by atoms with Gasteiger partial charge in [-0.15, -0.1) is 0 Å². The Hall–Kier alpha value is -0.610. The summed E-state index contributed by atoms with van der Waals surface area (Å²) in [6, 6.07) is 0. The van der Waals surface area contributed by atoms with Crippen molar-refractivity contribution in [3.63, 3.8) is 0 Å². The maximum absolute atomic E-state index is 10.3. The van der Waals surface area contributed by atoms with E-state index in [-0.39, 0.29) is 19.1 Å². The normalized spacial score (nSPS) is 8.75. The van der Waals surface area contributed by atoms with Crippen LogP contribution in [0.4, 0.5) is 0 Å². The summed E-state index contributed by atoms with van der Waals surface area (Å²) >= 11 is 0. The largest absolute Gasteiger partial charge is 0.377 e. The van der Waals surface area contributed by atoms with Gasteiger partial charge < -0.3 is 16.2 Å². The lowest BCUT2D eigenvalue weighted by Crippen LogP contribution is -2.25. The molecule has 0 aromatic carbocycles. The van der Waals surface area contributed by atoms with Gasteiger partial charge in [-0.3, -0.25) is 4.79 Å². The molecule has 0 saturated heterocycles. The molecule has 1 amide bonds. The van der Waals surface area contributed by atoms with Crippen LogP contribution < -0.4 is 11.1 Å². The van der Waals surface area contributed by atoms with E-state index < -0.39 is 0 Å². The van der Waals surface area contributed by atoms with E-state index in [1.807, 2.05) is 0 Å². The van der Waals surface area contributed by atoms with Crippen molar-refractivity contribution in [1.29, 1.82) is 0 Å². The molecule has 0 spiro atoms. The molecule has 4 nitrogen and oxygen atoms in total. The molecule has 0 unspecified atom stereocenters. The highest BCUT2D eigenvalue weighted by molar-refractivity contribution is 5.75. The van der Waals surface area contributed by atoms with E-state index in [2.05, 4.69) is 5.32 Å². The van der Waals surface area contributed by atoms with Gasteiger partial charge in [0.2, 0.25) is 5.91 Å². The van der Waals surface area contributed by atoms with Crippen LogP contribution in [0.1, 0.15) is 6.42 Å². The summed E-state index contributed by atoms with van der Waals surface area (Å²) in [6.07, 6.45) is 0.278. The molecule has 4 N–H and O–H groups in total. The van der Waals surface area contributed by atoms with Gasteiger partial charge in [0.15, 0.2) is 0 Å². The first-order valence-corrected chi connectivity index (χ1v) is 2.39. The Kier molecular flexibility index (Phi) is 4.20. The summed E-state index contributed by atoms with van der Waals surface area (Å²) in [7, 11) is 0. The molecule has 48 valence electrons. The van der Waals surface area contributed by atoms with E-state index in [1.54, 1.807) is 0 Å². The van der Waals surface area contributed by atoms with Gasteiger partial charge in [0.1, 0.15) is 6.73 Å². The van der Waals surface area contributed by atoms with Crippen molar-refractivity contribution < 1.29 is 9.90 Å². The monoisotopic (exact) mass is 118 g/mol. The van der Waals surface area contributed by atoms with Crippen molar-refractivity contribution in [1.82, 2.24) is 5.32 Å². The lowest BCUT2D eigenvalue weighted by molar-refractivity contribution is -0.121. The molecular weight excluding hydrogens is 108 g/mol. The van der Waals surface area contributed by atoms with Crippen molar-refractivity contribution >= 4 is 5.91 Å². The fourth-order valence-corrected chi connectivity index (χ4v) is 0.308. The highest BCUT2D eigenvalue weighted by Gasteiger charge is 1.93. The Morgan fingerprint density at radius 3 is 2.75 bits per heavy atom. The zero-order valence-corrected chi connectivity index (χ0v) is 4.55. The predicted octanol–water partition coefficient (Wildman–Crippen LogP) is -1.60. The van der Waals surface area contributed by atoms with Crippen LogP contribution in [0.15, 0.2) is 0 Å². The van der Waals surface area contributed by atoms with E-state index >= 15 is 0 Å². The van der Waals surface area contributed by atoms with Gasteiger partial charge in [0.25, 0.3) is 0 Å². The maximum Gasteiger partial charge on any atom is 0.223 e. The maximum atomic E-state index is 10.3. The number of carbonyl (C=O) groups is 1. The van der Waals surface area contributed by atoms with Crippen molar-refractivity contribution in [2.75, 3.05) is 13.3 Å². The van der Waals surface area contributed by atoms with E-state index in [0.29, 0.717) is 6.54 Å². The number of nitrogens with one attached hydrogen (secondary N) is 1. The molecule has 4 heteroatoms. The molecule has 0 aromatic rings. The number of aliphatic hydroxyl groups is 1. The minimum Gasteiger partial charge on any atom is -0.377 e. The van der Waals surface area contributed by atoms with Crippen LogP contribution in [0.2, 0.25) is 0 Å². The van der Waals surface area contributed by atoms with Crippen LogP contribution in [-0.4, -0.2) is 24.3 Å². The second kappa shape index (κ2) is 4.55. The van der Waals surface area contributed by atoms with Gasteiger partial charge in [-0.1, -0.05) is 0 Å². The number of rotatable bonds is 3. The average Bonchev–Trinajstić information content (AvgIpc) is 1.68. The lowest BCUT2D eigenvalue weighted by atomic mass is 10.4. The second-order valence-electron chi connectivity index (χ2n) is 1.30. The number of carbonyl (C=O) groups excluding carboxylic acids is 1. The van der Waals surface area contributed by atoms with Crippen LogP contribution in [0.5, 0.6) is 0 Å². The standard InChI is InChI=1S/C4H10N2O2/c5-2-1-4(8)6-3-7/h7H,1-3,5H2,(H,6,8). The van der Waals surface area contributed by atoms with Crippen molar-refractivity contribution in [3.8, 4) is 0 Å². The molecule has 0 aromatic heterocycles. The third kappa shape index (κ3) is 3.58. The van der Waals surface area contributed by atoms with Gasteiger partial charge in [0.05, 0.1) is 0 Å². The number of nitrogens with two attached hydrogens (primary N) is 1. The third-order valence-electron chi connectivity index (χ3n) is 0.648. The first kappa shape index (κ1) is 7.39. The number of amides is 1. The quantitative estimate of drug-likeness (QED) is 0.391. The molecule has 0 bridgehead atoms. The Bertz CT molecular complexity index is 66.4. The smallest absolute Gasteiger partial charge is 0.223 e. The van der Waals surface area contributed by atoms with Gasteiger partial charge in [0, 0.05) is 13.0 Å². The third-order valence-corrected chi connectivity index (χ3v) is 0.648. The average molecular weight is 118 g/mol. The van der Waals surface area contributed by atoms with Crippen LogP contribution in [0, 0.1) is 0 Å². The van der Waals surface area contributed by atoms with Crippen LogP contribution in [0.25, 0.3) is 0 Å². The fraction of sp³-hybridized carbons (Fsp3) is 0.750. The first-order chi connectivity index (χ1) is 3.81. The Labute approximate surface area is 47.7 Å². The van der Waals surface area contributed by atoms with Crippen molar-refractivity contribution in [2.45, 2.75) is 6.42 Å². The van der Waals surface area contributed by atoms with Crippen molar-refractivity contribution in [2.24, 2.45) is 5.73 Å². The number of hydrogen-bond donors (Lipinski definition) is 3. The molecule has 0 radical (unpaired) electrons. The highest BCUT2D eigenvalue weighted by atomic mass is 16.3. The summed E-state index contributed by atoms with van der Waals surface area (Å²) in [4.78, 5) is 10.3.